The van der Waals surface area contributed by atoms with Crippen LogP contribution in [0.4, 0.5) is 0 Å². The summed E-state index contributed by atoms with van der Waals surface area (Å²) in [6.45, 7) is 0.653. The normalized spacial score (nSPS) is 14.1. The largest absolute Gasteiger partial charge is 0.361 e. The Labute approximate surface area is 143 Å². The molecule has 1 aliphatic carbocycles. The van der Waals surface area contributed by atoms with Gasteiger partial charge in [-0.3, -0.25) is 4.79 Å². The first-order chi connectivity index (χ1) is 11.2. The van der Waals surface area contributed by atoms with Gasteiger partial charge in [0.05, 0.1) is 5.56 Å². The van der Waals surface area contributed by atoms with E-state index in [0.717, 1.165) is 28.4 Å². The zero-order chi connectivity index (χ0) is 15.8. The highest BCUT2D eigenvalue weighted by molar-refractivity contribution is 9.10. The van der Waals surface area contributed by atoms with E-state index >= 15 is 0 Å². The summed E-state index contributed by atoms with van der Waals surface area (Å²) in [7, 11) is 0. The summed E-state index contributed by atoms with van der Waals surface area (Å²) < 4.78 is 0.857. The van der Waals surface area contributed by atoms with E-state index in [9.17, 15) is 4.79 Å². The average Bonchev–Trinajstić information content (AvgIpc) is 3.28. The minimum atomic E-state index is 0.104. The highest BCUT2D eigenvalue weighted by Gasteiger charge is 2.33. The number of aromatic nitrogens is 1. The van der Waals surface area contributed by atoms with Crippen molar-refractivity contribution in [3.63, 3.8) is 0 Å². The summed E-state index contributed by atoms with van der Waals surface area (Å²) >= 11 is 3.50. The molecule has 0 spiro atoms. The fourth-order valence-corrected chi connectivity index (χ4v) is 3.47. The molecular weight excluding hydrogens is 352 g/mol. The molecule has 0 atom stereocenters. The Bertz CT molecular complexity index is 866. The summed E-state index contributed by atoms with van der Waals surface area (Å²) in [4.78, 5) is 18.3. The van der Waals surface area contributed by atoms with E-state index in [1.165, 1.54) is 10.9 Å². The summed E-state index contributed by atoms with van der Waals surface area (Å²) in [5, 5.41) is 1.19. The summed E-state index contributed by atoms with van der Waals surface area (Å²) in [6, 6.07) is 16.3. The number of halogens is 1. The molecule has 3 nitrogen and oxygen atoms in total. The van der Waals surface area contributed by atoms with Crippen molar-refractivity contribution < 1.29 is 4.79 Å². The van der Waals surface area contributed by atoms with E-state index in [1.807, 2.05) is 41.4 Å². The SMILES string of the molecule is O=C(c1ccccc1Br)N(Cc1cccc2[nH]ccc12)C1CC1. The van der Waals surface area contributed by atoms with Gasteiger partial charge in [0.15, 0.2) is 0 Å². The zero-order valence-electron chi connectivity index (χ0n) is 12.6. The number of fused-ring (bicyclic) bond motifs is 1. The number of nitrogens with zero attached hydrogens (tertiary/aromatic N) is 1. The van der Waals surface area contributed by atoms with Gasteiger partial charge in [0.2, 0.25) is 0 Å². The van der Waals surface area contributed by atoms with Gasteiger partial charge in [-0.05, 0) is 58.6 Å². The molecule has 2 aromatic carbocycles. The van der Waals surface area contributed by atoms with Crippen molar-refractivity contribution in [1.82, 2.24) is 9.88 Å². The first kappa shape index (κ1) is 14.5. The Morgan fingerprint density at radius 2 is 1.96 bits per heavy atom. The summed E-state index contributed by atoms with van der Waals surface area (Å²) in [5.74, 6) is 0.104. The lowest BCUT2D eigenvalue weighted by Crippen LogP contribution is -2.32. The number of carbonyl (C=O) groups is 1. The molecule has 1 saturated carbocycles. The van der Waals surface area contributed by atoms with Gasteiger partial charge < -0.3 is 9.88 Å². The van der Waals surface area contributed by atoms with Crippen molar-refractivity contribution in [2.45, 2.75) is 25.4 Å². The Hall–Kier alpha value is -2.07. The van der Waals surface area contributed by atoms with Gasteiger partial charge in [-0.2, -0.15) is 0 Å². The number of aromatic amines is 1. The number of hydrogen-bond acceptors (Lipinski definition) is 1. The molecule has 4 heteroatoms. The molecule has 1 N–H and O–H groups in total. The molecule has 0 unspecified atom stereocenters. The third-order valence-corrected chi connectivity index (χ3v) is 5.07. The third kappa shape index (κ3) is 2.79. The second kappa shape index (κ2) is 5.85. The second-order valence-electron chi connectivity index (χ2n) is 6.00. The molecule has 0 aliphatic heterocycles. The van der Waals surface area contributed by atoms with Crippen LogP contribution in [-0.4, -0.2) is 21.8 Å². The topological polar surface area (TPSA) is 36.1 Å². The van der Waals surface area contributed by atoms with Crippen LogP contribution in [0.5, 0.6) is 0 Å². The van der Waals surface area contributed by atoms with Crippen LogP contribution in [0.15, 0.2) is 59.2 Å². The van der Waals surface area contributed by atoms with Gasteiger partial charge in [0.1, 0.15) is 0 Å². The van der Waals surface area contributed by atoms with Crippen LogP contribution < -0.4 is 0 Å². The number of H-pyrrole nitrogens is 1. The molecule has 1 heterocycles. The van der Waals surface area contributed by atoms with Crippen LogP contribution in [-0.2, 0) is 6.54 Å². The van der Waals surface area contributed by atoms with E-state index in [4.69, 9.17) is 0 Å². The number of hydrogen-bond donors (Lipinski definition) is 1. The Morgan fingerprint density at radius 1 is 1.13 bits per heavy atom. The number of carbonyl (C=O) groups excluding carboxylic acids is 1. The molecular formula is C19H17BrN2O. The maximum Gasteiger partial charge on any atom is 0.255 e. The fraction of sp³-hybridized carbons (Fsp3) is 0.211. The van der Waals surface area contributed by atoms with Crippen LogP contribution >= 0.6 is 15.9 Å². The standard InChI is InChI=1S/C19H17BrN2O/c20-17-6-2-1-5-16(17)19(23)22(14-8-9-14)12-13-4-3-7-18-15(13)10-11-21-18/h1-7,10-11,14,21H,8-9,12H2. The molecule has 0 radical (unpaired) electrons. The summed E-state index contributed by atoms with van der Waals surface area (Å²) in [5.41, 5.74) is 3.04. The van der Waals surface area contributed by atoms with Gasteiger partial charge in [0, 0.05) is 34.2 Å². The molecule has 23 heavy (non-hydrogen) atoms. The zero-order valence-corrected chi connectivity index (χ0v) is 14.2. The summed E-state index contributed by atoms with van der Waals surface area (Å²) in [6.07, 6.45) is 4.14. The maximum absolute atomic E-state index is 13.0. The first-order valence-electron chi connectivity index (χ1n) is 7.84. The van der Waals surface area contributed by atoms with Gasteiger partial charge in [-0.15, -0.1) is 0 Å². The van der Waals surface area contributed by atoms with E-state index in [0.29, 0.717) is 12.6 Å². The van der Waals surface area contributed by atoms with E-state index in [1.54, 1.807) is 0 Å². The lowest BCUT2D eigenvalue weighted by Gasteiger charge is -2.23. The average molecular weight is 369 g/mol. The lowest BCUT2D eigenvalue weighted by atomic mass is 10.1. The van der Waals surface area contributed by atoms with E-state index in [-0.39, 0.29) is 5.91 Å². The highest BCUT2D eigenvalue weighted by atomic mass is 79.9. The minimum Gasteiger partial charge on any atom is -0.361 e. The second-order valence-corrected chi connectivity index (χ2v) is 6.85. The molecule has 1 amide bonds. The molecule has 1 aliphatic rings. The Morgan fingerprint density at radius 3 is 2.74 bits per heavy atom. The van der Waals surface area contributed by atoms with Crippen molar-refractivity contribution in [2.24, 2.45) is 0 Å². The van der Waals surface area contributed by atoms with Crippen molar-refractivity contribution in [1.29, 1.82) is 0 Å². The van der Waals surface area contributed by atoms with Gasteiger partial charge >= 0.3 is 0 Å². The van der Waals surface area contributed by atoms with Gasteiger partial charge in [-0.25, -0.2) is 0 Å². The monoisotopic (exact) mass is 368 g/mol. The molecule has 1 fully saturated rings. The minimum absolute atomic E-state index is 0.104. The third-order valence-electron chi connectivity index (χ3n) is 4.38. The van der Waals surface area contributed by atoms with E-state index < -0.39 is 0 Å². The van der Waals surface area contributed by atoms with Gasteiger partial charge in [0.25, 0.3) is 5.91 Å². The van der Waals surface area contributed by atoms with Crippen LogP contribution in [0.2, 0.25) is 0 Å². The number of benzene rings is 2. The van der Waals surface area contributed by atoms with Crippen LogP contribution in [0, 0.1) is 0 Å². The molecule has 3 aromatic rings. The Kier molecular flexibility index (Phi) is 3.69. The molecule has 0 bridgehead atoms. The van der Waals surface area contributed by atoms with Crippen molar-refractivity contribution in [3.05, 3.63) is 70.3 Å². The quantitative estimate of drug-likeness (QED) is 0.709. The van der Waals surface area contributed by atoms with Crippen LogP contribution in [0.25, 0.3) is 10.9 Å². The molecule has 116 valence electrons. The first-order valence-corrected chi connectivity index (χ1v) is 8.64. The number of rotatable bonds is 4. The smallest absolute Gasteiger partial charge is 0.255 e. The molecule has 1 aromatic heterocycles. The van der Waals surface area contributed by atoms with Crippen molar-refractivity contribution in [3.8, 4) is 0 Å². The van der Waals surface area contributed by atoms with Gasteiger partial charge in [-0.1, -0.05) is 24.3 Å². The number of nitrogens with one attached hydrogen (secondary N) is 1. The maximum atomic E-state index is 13.0. The van der Waals surface area contributed by atoms with Crippen LogP contribution in [0.1, 0.15) is 28.8 Å². The predicted octanol–water partition coefficient (Wildman–Crippen LogP) is 4.74. The molecule has 4 rings (SSSR count). The van der Waals surface area contributed by atoms with Crippen molar-refractivity contribution >= 4 is 32.7 Å². The fourth-order valence-electron chi connectivity index (χ4n) is 3.01. The molecule has 0 saturated heterocycles. The van der Waals surface area contributed by atoms with E-state index in [2.05, 4.69) is 39.1 Å². The van der Waals surface area contributed by atoms with Crippen molar-refractivity contribution in [2.75, 3.05) is 0 Å². The van der Waals surface area contributed by atoms with Crippen LogP contribution in [0.3, 0.4) is 0 Å². The predicted molar refractivity (Wildman–Crippen MR) is 95.3 cm³/mol. The highest BCUT2D eigenvalue weighted by Crippen LogP contribution is 2.32. The lowest BCUT2D eigenvalue weighted by molar-refractivity contribution is 0.0729. The Balaban J connectivity index is 1.68. The number of amides is 1.